The largest absolute Gasteiger partial charge is 0.334 e. The van der Waals surface area contributed by atoms with Crippen molar-refractivity contribution in [1.29, 1.82) is 0 Å². The van der Waals surface area contributed by atoms with Gasteiger partial charge in [-0.3, -0.25) is 14.1 Å². The molecule has 0 aliphatic carbocycles. The molecule has 9 nitrogen and oxygen atoms in total. The van der Waals surface area contributed by atoms with Crippen LogP contribution in [-0.2, 0) is 13.0 Å². The molecule has 0 fully saturated rings. The zero-order chi connectivity index (χ0) is 25.9. The highest BCUT2D eigenvalue weighted by Gasteiger charge is 2.20. The number of imidazole rings is 1. The fourth-order valence-corrected chi connectivity index (χ4v) is 4.57. The van der Waals surface area contributed by atoms with Gasteiger partial charge in [-0.05, 0) is 65.9 Å². The van der Waals surface area contributed by atoms with Crippen LogP contribution in [0.3, 0.4) is 0 Å². The van der Waals surface area contributed by atoms with Crippen molar-refractivity contribution in [1.82, 2.24) is 39.3 Å². The van der Waals surface area contributed by atoms with Crippen molar-refractivity contribution in [2.45, 2.75) is 52.6 Å². The fraction of sp³-hybridized carbons (Fsp3) is 0.296. The minimum absolute atomic E-state index is 0.00878. The summed E-state index contributed by atoms with van der Waals surface area (Å²) in [6, 6.07) is 11.2. The van der Waals surface area contributed by atoms with E-state index in [0.717, 1.165) is 47.2 Å². The lowest BCUT2D eigenvalue weighted by molar-refractivity contribution is 0.552. The van der Waals surface area contributed by atoms with E-state index in [1.54, 1.807) is 33.9 Å². The molecule has 10 heteroatoms. The smallest absolute Gasteiger partial charge is 0.329 e. The molecule has 37 heavy (non-hydrogen) atoms. The molecule has 190 valence electrons. The lowest BCUT2D eigenvalue weighted by Gasteiger charge is -2.13. The zero-order valence-electron chi connectivity index (χ0n) is 21.1. The summed E-state index contributed by atoms with van der Waals surface area (Å²) in [7, 11) is 0. The van der Waals surface area contributed by atoms with Gasteiger partial charge in [0, 0.05) is 42.1 Å². The van der Waals surface area contributed by atoms with E-state index in [-0.39, 0.29) is 17.5 Å². The van der Waals surface area contributed by atoms with Gasteiger partial charge >= 0.3 is 5.69 Å². The number of pyridine rings is 1. The molecule has 1 aromatic carbocycles. The molecular formula is C27H29FN8O. The first-order chi connectivity index (χ1) is 18.0. The first-order valence-corrected chi connectivity index (χ1v) is 12.4. The van der Waals surface area contributed by atoms with E-state index in [1.165, 1.54) is 10.6 Å². The summed E-state index contributed by atoms with van der Waals surface area (Å²) in [6.45, 7) is 6.37. The van der Waals surface area contributed by atoms with Crippen molar-refractivity contribution in [3.05, 3.63) is 88.7 Å². The van der Waals surface area contributed by atoms with Crippen molar-refractivity contribution in [3.8, 4) is 28.3 Å². The first kappa shape index (κ1) is 24.4. The topological polar surface area (TPSA) is 99.2 Å². The number of halogens is 1. The molecule has 4 aromatic heterocycles. The van der Waals surface area contributed by atoms with Crippen molar-refractivity contribution in [2.24, 2.45) is 0 Å². The summed E-state index contributed by atoms with van der Waals surface area (Å²) in [4.78, 5) is 18.0. The number of unbranched alkanes of at least 4 members (excludes halogenated alkanes) is 1. The molecule has 0 amide bonds. The molecule has 4 heterocycles. The van der Waals surface area contributed by atoms with Gasteiger partial charge in [-0.1, -0.05) is 37.6 Å². The molecule has 0 atom stereocenters. The van der Waals surface area contributed by atoms with Crippen LogP contribution in [0, 0.1) is 5.82 Å². The van der Waals surface area contributed by atoms with E-state index in [4.69, 9.17) is 0 Å². The Hall–Kier alpha value is -4.34. The van der Waals surface area contributed by atoms with Crippen molar-refractivity contribution >= 4 is 0 Å². The number of aromatic nitrogens is 8. The van der Waals surface area contributed by atoms with E-state index in [9.17, 15) is 9.18 Å². The average Bonchev–Trinajstić information content (AvgIpc) is 3.64. The maximum atomic E-state index is 14.9. The van der Waals surface area contributed by atoms with E-state index < -0.39 is 5.82 Å². The second-order valence-corrected chi connectivity index (χ2v) is 9.31. The van der Waals surface area contributed by atoms with E-state index in [0.29, 0.717) is 12.4 Å². The van der Waals surface area contributed by atoms with Crippen LogP contribution in [0.2, 0.25) is 0 Å². The summed E-state index contributed by atoms with van der Waals surface area (Å²) in [5.74, 6) is 0.438. The Kier molecular flexibility index (Phi) is 6.80. The predicted octanol–water partition coefficient (Wildman–Crippen LogP) is 4.79. The molecule has 0 radical (unpaired) electrons. The molecule has 0 saturated heterocycles. The molecule has 0 aliphatic rings. The third-order valence-corrected chi connectivity index (χ3v) is 6.52. The molecule has 5 aromatic rings. The molecule has 1 N–H and O–H groups in total. The Bertz CT molecular complexity index is 1540. The van der Waals surface area contributed by atoms with Crippen LogP contribution in [0.25, 0.3) is 28.3 Å². The summed E-state index contributed by atoms with van der Waals surface area (Å²) >= 11 is 0. The molecule has 0 saturated carbocycles. The number of tetrazole rings is 1. The maximum absolute atomic E-state index is 14.9. The predicted molar refractivity (Wildman–Crippen MR) is 139 cm³/mol. The van der Waals surface area contributed by atoms with E-state index in [1.807, 2.05) is 44.2 Å². The number of rotatable bonds is 9. The van der Waals surface area contributed by atoms with Gasteiger partial charge in [-0.25, -0.2) is 14.3 Å². The van der Waals surface area contributed by atoms with Gasteiger partial charge in [0.25, 0.3) is 0 Å². The van der Waals surface area contributed by atoms with Crippen molar-refractivity contribution < 1.29 is 4.39 Å². The van der Waals surface area contributed by atoms with Crippen LogP contribution < -0.4 is 5.69 Å². The first-order valence-electron chi connectivity index (χ1n) is 12.4. The Labute approximate surface area is 213 Å². The normalized spacial score (nSPS) is 11.5. The highest BCUT2D eigenvalue weighted by atomic mass is 19.1. The maximum Gasteiger partial charge on any atom is 0.334 e. The van der Waals surface area contributed by atoms with Crippen LogP contribution in [0.4, 0.5) is 4.39 Å². The van der Waals surface area contributed by atoms with Gasteiger partial charge in [0.2, 0.25) is 0 Å². The number of nitrogens with one attached hydrogen (secondary N) is 1. The van der Waals surface area contributed by atoms with Crippen LogP contribution >= 0.6 is 0 Å². The van der Waals surface area contributed by atoms with Crippen LogP contribution in [0.5, 0.6) is 0 Å². The third-order valence-electron chi connectivity index (χ3n) is 6.52. The van der Waals surface area contributed by atoms with Gasteiger partial charge in [-0.2, -0.15) is 0 Å². The van der Waals surface area contributed by atoms with Crippen molar-refractivity contribution in [3.63, 3.8) is 0 Å². The number of H-pyrrole nitrogens is 1. The molecule has 5 rings (SSSR count). The minimum atomic E-state index is -0.417. The molecule has 0 bridgehead atoms. The minimum Gasteiger partial charge on any atom is -0.329 e. The van der Waals surface area contributed by atoms with E-state index >= 15 is 0 Å². The fourth-order valence-electron chi connectivity index (χ4n) is 4.57. The Morgan fingerprint density at radius 3 is 2.57 bits per heavy atom. The molecule has 0 spiro atoms. The molecule has 0 unspecified atom stereocenters. The van der Waals surface area contributed by atoms with Gasteiger partial charge in [0.15, 0.2) is 17.5 Å². The summed E-state index contributed by atoms with van der Waals surface area (Å²) < 4.78 is 19.8. The number of hydrogen-bond donors (Lipinski definition) is 1. The second kappa shape index (κ2) is 10.3. The number of aromatic amines is 1. The van der Waals surface area contributed by atoms with Gasteiger partial charge < -0.3 is 4.57 Å². The summed E-state index contributed by atoms with van der Waals surface area (Å²) in [5, 5.41) is 14.0. The highest BCUT2D eigenvalue weighted by molar-refractivity contribution is 5.69. The van der Waals surface area contributed by atoms with Crippen molar-refractivity contribution in [2.75, 3.05) is 0 Å². The monoisotopic (exact) mass is 500 g/mol. The Balaban J connectivity index is 1.55. The number of benzene rings is 1. The quantitative estimate of drug-likeness (QED) is 0.314. The van der Waals surface area contributed by atoms with Gasteiger partial charge in [0.1, 0.15) is 0 Å². The number of nitrogens with zero attached hydrogens (tertiary/aromatic N) is 7. The lowest BCUT2D eigenvalue weighted by atomic mass is 10.00. The SMILES string of the molecule is CCCCc1cn(-c2c(F)ccn2C(C)C)c(=O)n1Cc1cnccc1-c1ccc(-c2nnn[nH]2)cc1. The summed E-state index contributed by atoms with van der Waals surface area (Å²) in [5.41, 5.74) is 4.31. The summed E-state index contributed by atoms with van der Waals surface area (Å²) in [6.07, 6.45) is 9.63. The molecule has 0 aliphatic heterocycles. The van der Waals surface area contributed by atoms with Crippen LogP contribution in [-0.4, -0.2) is 39.3 Å². The standard InChI is InChI=1S/C27H29FN8O/c1-4-5-6-22-17-36(26-24(28)12-14-34(26)18(2)3)27(37)35(22)16-21-15-29-13-11-23(21)19-7-9-20(10-8-19)25-30-32-33-31-25/h7-15,17-18H,4-6,16H2,1-3H3,(H,30,31,32,33). The number of hydrogen-bond acceptors (Lipinski definition) is 5. The van der Waals surface area contributed by atoms with Crippen LogP contribution in [0.1, 0.15) is 50.9 Å². The van der Waals surface area contributed by atoms with Gasteiger partial charge in [0.05, 0.1) is 6.54 Å². The lowest BCUT2D eigenvalue weighted by Crippen LogP contribution is -2.27. The van der Waals surface area contributed by atoms with Gasteiger partial charge in [-0.15, -0.1) is 5.10 Å². The molecular weight excluding hydrogens is 471 g/mol. The van der Waals surface area contributed by atoms with Crippen LogP contribution in [0.15, 0.2) is 66.0 Å². The Morgan fingerprint density at radius 1 is 1.08 bits per heavy atom. The van der Waals surface area contributed by atoms with E-state index in [2.05, 4.69) is 32.5 Å². The highest BCUT2D eigenvalue weighted by Crippen LogP contribution is 2.27. The number of aryl methyl sites for hydroxylation is 1. The Morgan fingerprint density at radius 2 is 1.86 bits per heavy atom. The average molecular weight is 501 g/mol. The third kappa shape index (κ3) is 4.74. The zero-order valence-corrected chi connectivity index (χ0v) is 21.1. The second-order valence-electron chi connectivity index (χ2n) is 9.31.